The Bertz CT molecular complexity index is 606. The highest BCUT2D eigenvalue weighted by atomic mass is 32.1. The SMILES string of the molecule is O=C(NCCn1ccnc1)N1CCCC1C=Cc1cccs1. The Labute approximate surface area is 134 Å². The van der Waals surface area contributed by atoms with Gasteiger partial charge in [-0.25, -0.2) is 9.78 Å². The quantitative estimate of drug-likeness (QED) is 0.922. The molecular formula is C16H20N4OS. The van der Waals surface area contributed by atoms with Gasteiger partial charge in [0.15, 0.2) is 0 Å². The second-order valence-electron chi connectivity index (χ2n) is 5.31. The zero-order valence-corrected chi connectivity index (χ0v) is 13.2. The molecule has 1 aliphatic heterocycles. The minimum absolute atomic E-state index is 0.0263. The van der Waals surface area contributed by atoms with Crippen molar-refractivity contribution < 1.29 is 4.79 Å². The number of likely N-dealkylation sites (tertiary alicyclic amines) is 1. The van der Waals surface area contributed by atoms with Gasteiger partial charge >= 0.3 is 6.03 Å². The summed E-state index contributed by atoms with van der Waals surface area (Å²) in [6.07, 6.45) is 11.8. The molecule has 6 heteroatoms. The maximum Gasteiger partial charge on any atom is 0.317 e. The van der Waals surface area contributed by atoms with Gasteiger partial charge in [0, 0.05) is 36.9 Å². The zero-order valence-electron chi connectivity index (χ0n) is 12.4. The lowest BCUT2D eigenvalue weighted by Crippen LogP contribution is -2.43. The van der Waals surface area contributed by atoms with Crippen molar-refractivity contribution in [3.05, 3.63) is 47.2 Å². The van der Waals surface area contributed by atoms with Crippen LogP contribution in [0.15, 0.2) is 42.3 Å². The van der Waals surface area contributed by atoms with E-state index in [2.05, 4.69) is 33.9 Å². The van der Waals surface area contributed by atoms with Crippen molar-refractivity contribution in [1.82, 2.24) is 19.8 Å². The van der Waals surface area contributed by atoms with Crippen LogP contribution in [0.1, 0.15) is 17.7 Å². The summed E-state index contributed by atoms with van der Waals surface area (Å²) in [7, 11) is 0. The second-order valence-corrected chi connectivity index (χ2v) is 6.29. The van der Waals surface area contributed by atoms with Crippen molar-refractivity contribution in [2.24, 2.45) is 0 Å². The maximum atomic E-state index is 12.3. The summed E-state index contributed by atoms with van der Waals surface area (Å²) >= 11 is 1.71. The second kappa shape index (κ2) is 7.26. The Morgan fingerprint density at radius 2 is 2.50 bits per heavy atom. The molecule has 22 heavy (non-hydrogen) atoms. The van der Waals surface area contributed by atoms with Crippen LogP contribution >= 0.6 is 11.3 Å². The monoisotopic (exact) mass is 316 g/mol. The maximum absolute atomic E-state index is 12.3. The summed E-state index contributed by atoms with van der Waals surface area (Å²) in [6, 6.07) is 4.36. The molecule has 1 saturated heterocycles. The molecule has 116 valence electrons. The number of nitrogens with zero attached hydrogens (tertiary/aromatic N) is 3. The van der Waals surface area contributed by atoms with Gasteiger partial charge in [0.1, 0.15) is 0 Å². The number of urea groups is 1. The summed E-state index contributed by atoms with van der Waals surface area (Å²) in [6.45, 7) is 2.19. The molecule has 5 nitrogen and oxygen atoms in total. The first kappa shape index (κ1) is 14.8. The molecule has 0 aromatic carbocycles. The number of carbonyl (C=O) groups is 1. The Balaban J connectivity index is 1.50. The van der Waals surface area contributed by atoms with Crippen LogP contribution in [0.4, 0.5) is 4.79 Å². The van der Waals surface area contributed by atoms with Crippen LogP contribution in [0, 0.1) is 0 Å². The molecule has 3 heterocycles. The predicted octanol–water partition coefficient (Wildman–Crippen LogP) is 2.83. The molecule has 0 saturated carbocycles. The van der Waals surface area contributed by atoms with Gasteiger partial charge in [-0.05, 0) is 30.4 Å². The lowest BCUT2D eigenvalue weighted by molar-refractivity contribution is 0.200. The average Bonchev–Trinajstić information content (AvgIpc) is 3.26. The summed E-state index contributed by atoms with van der Waals surface area (Å²) in [4.78, 5) is 19.5. The van der Waals surface area contributed by atoms with Gasteiger partial charge in [0.25, 0.3) is 0 Å². The largest absolute Gasteiger partial charge is 0.336 e. The number of hydrogen-bond acceptors (Lipinski definition) is 3. The van der Waals surface area contributed by atoms with Crippen molar-refractivity contribution in [2.45, 2.75) is 25.4 Å². The predicted molar refractivity (Wildman–Crippen MR) is 88.7 cm³/mol. The number of amides is 2. The van der Waals surface area contributed by atoms with Crippen LogP contribution in [0.5, 0.6) is 0 Å². The standard InChI is InChI=1S/C16H20N4OS/c21-16(18-8-11-19-10-7-17-13-19)20-9-1-3-14(20)5-6-15-4-2-12-22-15/h2,4-7,10,12-14H,1,3,8-9,11H2,(H,18,21). The van der Waals surface area contributed by atoms with E-state index >= 15 is 0 Å². The lowest BCUT2D eigenvalue weighted by Gasteiger charge is -2.22. The molecular weight excluding hydrogens is 296 g/mol. The van der Waals surface area contributed by atoms with Crippen LogP contribution in [0.25, 0.3) is 6.08 Å². The molecule has 1 N–H and O–H groups in total. The fourth-order valence-electron chi connectivity index (χ4n) is 2.65. The van der Waals surface area contributed by atoms with Gasteiger partial charge in [-0.1, -0.05) is 12.1 Å². The van der Waals surface area contributed by atoms with Gasteiger partial charge in [0.2, 0.25) is 0 Å². The van der Waals surface area contributed by atoms with Crippen molar-refractivity contribution in [3.8, 4) is 0 Å². The third-order valence-electron chi connectivity index (χ3n) is 3.79. The Morgan fingerprint density at radius 3 is 3.27 bits per heavy atom. The molecule has 1 fully saturated rings. The van der Waals surface area contributed by atoms with Gasteiger partial charge in [0.05, 0.1) is 12.4 Å². The summed E-state index contributed by atoms with van der Waals surface area (Å²) in [5, 5.41) is 5.06. The molecule has 0 aliphatic carbocycles. The zero-order chi connectivity index (χ0) is 15.2. The molecule has 0 bridgehead atoms. The molecule has 3 rings (SSSR count). The third kappa shape index (κ3) is 3.76. The highest BCUT2D eigenvalue weighted by Crippen LogP contribution is 2.20. The van der Waals surface area contributed by atoms with E-state index in [1.807, 2.05) is 21.7 Å². The van der Waals surface area contributed by atoms with Gasteiger partial charge < -0.3 is 14.8 Å². The van der Waals surface area contributed by atoms with Crippen LogP contribution in [0.3, 0.4) is 0 Å². The van der Waals surface area contributed by atoms with Crippen LogP contribution in [-0.4, -0.2) is 39.6 Å². The number of carbonyl (C=O) groups excluding carboxylic acids is 1. The fourth-order valence-corrected chi connectivity index (χ4v) is 3.28. The number of nitrogens with one attached hydrogen (secondary N) is 1. The van der Waals surface area contributed by atoms with E-state index in [1.54, 1.807) is 23.9 Å². The first-order valence-corrected chi connectivity index (χ1v) is 8.43. The number of hydrogen-bond donors (Lipinski definition) is 1. The van der Waals surface area contributed by atoms with Crippen LogP contribution in [-0.2, 0) is 6.54 Å². The van der Waals surface area contributed by atoms with Gasteiger partial charge in [-0.2, -0.15) is 0 Å². The third-order valence-corrected chi connectivity index (χ3v) is 4.63. The van der Waals surface area contributed by atoms with E-state index in [4.69, 9.17) is 0 Å². The molecule has 2 amide bonds. The number of thiophene rings is 1. The van der Waals surface area contributed by atoms with E-state index in [1.165, 1.54) is 4.88 Å². The molecule has 1 atom stereocenters. The van der Waals surface area contributed by atoms with E-state index in [0.29, 0.717) is 6.54 Å². The number of aromatic nitrogens is 2. The van der Waals surface area contributed by atoms with Gasteiger partial charge in [-0.3, -0.25) is 0 Å². The Morgan fingerprint density at radius 1 is 1.55 bits per heavy atom. The van der Waals surface area contributed by atoms with E-state index in [0.717, 1.165) is 25.9 Å². The van der Waals surface area contributed by atoms with E-state index < -0.39 is 0 Å². The molecule has 2 aromatic heterocycles. The number of imidazole rings is 1. The average molecular weight is 316 g/mol. The number of rotatable bonds is 5. The van der Waals surface area contributed by atoms with Crippen LogP contribution in [0.2, 0.25) is 0 Å². The Kier molecular flexibility index (Phi) is 4.90. The molecule has 1 aliphatic rings. The highest BCUT2D eigenvalue weighted by Gasteiger charge is 2.26. The first-order chi connectivity index (χ1) is 10.8. The van der Waals surface area contributed by atoms with Crippen LogP contribution < -0.4 is 5.32 Å². The van der Waals surface area contributed by atoms with Crippen molar-refractivity contribution in [1.29, 1.82) is 0 Å². The summed E-state index contributed by atoms with van der Waals surface area (Å²) in [5.41, 5.74) is 0. The first-order valence-electron chi connectivity index (χ1n) is 7.55. The van der Waals surface area contributed by atoms with Crippen molar-refractivity contribution in [3.63, 3.8) is 0 Å². The normalized spacial score (nSPS) is 18.2. The fraction of sp³-hybridized carbons (Fsp3) is 0.375. The van der Waals surface area contributed by atoms with Crippen molar-refractivity contribution in [2.75, 3.05) is 13.1 Å². The smallest absolute Gasteiger partial charge is 0.317 e. The van der Waals surface area contributed by atoms with E-state index in [9.17, 15) is 4.79 Å². The van der Waals surface area contributed by atoms with Crippen molar-refractivity contribution >= 4 is 23.4 Å². The van der Waals surface area contributed by atoms with Gasteiger partial charge in [-0.15, -0.1) is 11.3 Å². The minimum Gasteiger partial charge on any atom is -0.336 e. The molecule has 0 spiro atoms. The summed E-state index contributed by atoms with van der Waals surface area (Å²) in [5.74, 6) is 0. The highest BCUT2D eigenvalue weighted by molar-refractivity contribution is 7.10. The topological polar surface area (TPSA) is 50.2 Å². The molecule has 0 radical (unpaired) electrons. The minimum atomic E-state index is 0.0263. The molecule has 1 unspecified atom stereocenters. The lowest BCUT2D eigenvalue weighted by atomic mass is 10.2. The van der Waals surface area contributed by atoms with E-state index in [-0.39, 0.29) is 12.1 Å². The molecule has 2 aromatic rings. The summed E-state index contributed by atoms with van der Waals surface area (Å²) < 4.78 is 1.96. The Hall–Kier alpha value is -2.08.